The van der Waals surface area contributed by atoms with Gasteiger partial charge in [0.05, 0.1) is 13.0 Å². The van der Waals surface area contributed by atoms with Crippen molar-refractivity contribution in [3.05, 3.63) is 63.6 Å². The van der Waals surface area contributed by atoms with Gasteiger partial charge in [0, 0.05) is 4.47 Å². The summed E-state index contributed by atoms with van der Waals surface area (Å²) in [6.07, 6.45) is 0.366. The van der Waals surface area contributed by atoms with Gasteiger partial charge in [-0.3, -0.25) is 4.79 Å². The maximum Gasteiger partial charge on any atom is 0.224 e. The van der Waals surface area contributed by atoms with Gasteiger partial charge >= 0.3 is 0 Å². The highest BCUT2D eigenvalue weighted by Gasteiger charge is 2.06. The number of aryl methyl sites for hydroxylation is 2. The lowest BCUT2D eigenvalue weighted by Crippen LogP contribution is -2.29. The van der Waals surface area contributed by atoms with E-state index in [2.05, 4.69) is 21.2 Å². The minimum absolute atomic E-state index is 0.00277. The van der Waals surface area contributed by atoms with Crippen LogP contribution >= 0.6 is 15.9 Å². The minimum Gasteiger partial charge on any atom is -0.491 e. The van der Waals surface area contributed by atoms with Crippen molar-refractivity contribution in [1.29, 1.82) is 0 Å². The highest BCUT2D eigenvalue weighted by molar-refractivity contribution is 9.10. The van der Waals surface area contributed by atoms with Crippen molar-refractivity contribution in [2.75, 3.05) is 13.2 Å². The Morgan fingerprint density at radius 1 is 1.09 bits per heavy atom. The molecule has 1 N–H and O–H groups in total. The maximum absolute atomic E-state index is 11.9. The van der Waals surface area contributed by atoms with E-state index in [9.17, 15) is 4.79 Å². The lowest BCUT2D eigenvalue weighted by molar-refractivity contribution is -0.120. The molecule has 0 saturated heterocycles. The highest BCUT2D eigenvalue weighted by Crippen LogP contribution is 2.22. The Hall–Kier alpha value is -1.81. The van der Waals surface area contributed by atoms with E-state index >= 15 is 0 Å². The molecule has 4 heteroatoms. The summed E-state index contributed by atoms with van der Waals surface area (Å²) in [5.41, 5.74) is 3.20. The second-order valence-corrected chi connectivity index (χ2v) is 6.04. The summed E-state index contributed by atoms with van der Waals surface area (Å²) in [4.78, 5) is 11.9. The Bertz CT molecular complexity index is 635. The van der Waals surface area contributed by atoms with Crippen LogP contribution < -0.4 is 10.1 Å². The van der Waals surface area contributed by atoms with Gasteiger partial charge in [-0.1, -0.05) is 52.3 Å². The number of benzene rings is 2. The summed E-state index contributed by atoms with van der Waals surface area (Å²) in [5, 5.41) is 2.88. The first kappa shape index (κ1) is 16.6. The van der Waals surface area contributed by atoms with Gasteiger partial charge in [0.2, 0.25) is 5.91 Å². The van der Waals surface area contributed by atoms with E-state index in [1.54, 1.807) is 0 Å². The first-order valence-corrected chi connectivity index (χ1v) is 8.06. The number of amides is 1. The first-order chi connectivity index (χ1) is 10.6. The molecule has 22 heavy (non-hydrogen) atoms. The van der Waals surface area contributed by atoms with E-state index in [0.29, 0.717) is 19.6 Å². The molecule has 0 aliphatic heterocycles. The van der Waals surface area contributed by atoms with Crippen LogP contribution in [0.3, 0.4) is 0 Å². The fraction of sp³-hybridized carbons (Fsp3) is 0.278. The minimum atomic E-state index is -0.00277. The van der Waals surface area contributed by atoms with Crippen LogP contribution in [0.15, 0.2) is 46.9 Å². The molecule has 3 nitrogen and oxygen atoms in total. The highest BCUT2D eigenvalue weighted by atomic mass is 79.9. The SMILES string of the molecule is Cc1cccc(C)c1OCCNC(=O)Cc1ccccc1Br. The molecule has 0 aliphatic carbocycles. The second-order valence-electron chi connectivity index (χ2n) is 5.19. The van der Waals surface area contributed by atoms with Crippen molar-refractivity contribution in [1.82, 2.24) is 5.32 Å². The zero-order valence-electron chi connectivity index (χ0n) is 12.9. The number of nitrogens with one attached hydrogen (secondary N) is 1. The lowest BCUT2D eigenvalue weighted by Gasteiger charge is -2.12. The molecule has 0 saturated carbocycles. The third-order valence-corrected chi connectivity index (χ3v) is 4.16. The van der Waals surface area contributed by atoms with Crippen molar-refractivity contribution in [3.8, 4) is 5.75 Å². The van der Waals surface area contributed by atoms with Gasteiger partial charge in [-0.2, -0.15) is 0 Å². The summed E-state index contributed by atoms with van der Waals surface area (Å²) in [5.74, 6) is 0.902. The van der Waals surface area contributed by atoms with E-state index in [1.807, 2.05) is 56.3 Å². The summed E-state index contributed by atoms with van der Waals surface area (Å²) in [6.45, 7) is 5.01. The lowest BCUT2D eigenvalue weighted by atomic mass is 10.1. The fourth-order valence-electron chi connectivity index (χ4n) is 2.25. The van der Waals surface area contributed by atoms with Crippen molar-refractivity contribution in [3.63, 3.8) is 0 Å². The number of carbonyl (C=O) groups excluding carboxylic acids is 1. The average molecular weight is 362 g/mol. The van der Waals surface area contributed by atoms with Crippen molar-refractivity contribution in [2.24, 2.45) is 0 Å². The maximum atomic E-state index is 11.9. The molecule has 2 aromatic carbocycles. The fourth-order valence-corrected chi connectivity index (χ4v) is 2.67. The summed E-state index contributed by atoms with van der Waals surface area (Å²) >= 11 is 3.45. The quantitative estimate of drug-likeness (QED) is 0.794. The molecule has 0 atom stereocenters. The van der Waals surface area contributed by atoms with Crippen LogP contribution in [0, 0.1) is 13.8 Å². The van der Waals surface area contributed by atoms with Gasteiger partial charge in [-0.05, 0) is 36.6 Å². The molecule has 0 unspecified atom stereocenters. The van der Waals surface area contributed by atoms with E-state index < -0.39 is 0 Å². The number of para-hydroxylation sites is 1. The van der Waals surface area contributed by atoms with Crippen molar-refractivity contribution < 1.29 is 9.53 Å². The average Bonchev–Trinajstić information content (AvgIpc) is 2.48. The Labute approximate surface area is 139 Å². The molecule has 0 bridgehead atoms. The third-order valence-electron chi connectivity index (χ3n) is 3.39. The second kappa shape index (κ2) is 7.99. The van der Waals surface area contributed by atoms with Crippen molar-refractivity contribution >= 4 is 21.8 Å². The van der Waals surface area contributed by atoms with E-state index in [0.717, 1.165) is 26.9 Å². The van der Waals surface area contributed by atoms with Crippen LogP contribution in [0.25, 0.3) is 0 Å². The predicted octanol–water partition coefficient (Wildman–Crippen LogP) is 3.80. The normalized spacial score (nSPS) is 10.3. The summed E-state index contributed by atoms with van der Waals surface area (Å²) < 4.78 is 6.72. The van der Waals surface area contributed by atoms with Gasteiger partial charge in [0.15, 0.2) is 0 Å². The summed E-state index contributed by atoms with van der Waals surface area (Å²) in [7, 11) is 0. The van der Waals surface area contributed by atoms with Crippen LogP contribution in [0.4, 0.5) is 0 Å². The van der Waals surface area contributed by atoms with Crippen LogP contribution in [0.1, 0.15) is 16.7 Å². The molecule has 1 amide bonds. The molecule has 0 radical (unpaired) electrons. The number of hydrogen-bond donors (Lipinski definition) is 1. The molecule has 116 valence electrons. The molecular weight excluding hydrogens is 342 g/mol. The topological polar surface area (TPSA) is 38.3 Å². The van der Waals surface area contributed by atoms with Gasteiger partial charge in [-0.15, -0.1) is 0 Å². The molecule has 0 aliphatic rings. The van der Waals surface area contributed by atoms with Gasteiger partial charge < -0.3 is 10.1 Å². The van der Waals surface area contributed by atoms with Crippen LogP contribution in [0.5, 0.6) is 5.75 Å². The largest absolute Gasteiger partial charge is 0.491 e. The zero-order valence-corrected chi connectivity index (χ0v) is 14.4. The Kier molecular flexibility index (Phi) is 6.01. The number of hydrogen-bond acceptors (Lipinski definition) is 2. The Balaban J connectivity index is 1.77. The number of halogens is 1. The Morgan fingerprint density at radius 2 is 1.77 bits per heavy atom. The number of rotatable bonds is 6. The van der Waals surface area contributed by atoms with Gasteiger partial charge in [0.1, 0.15) is 12.4 Å². The van der Waals surface area contributed by atoms with Crippen LogP contribution in [-0.2, 0) is 11.2 Å². The standard InChI is InChI=1S/C18H20BrNO2/c1-13-6-5-7-14(2)18(13)22-11-10-20-17(21)12-15-8-3-4-9-16(15)19/h3-9H,10-12H2,1-2H3,(H,20,21). The molecule has 0 fully saturated rings. The monoisotopic (exact) mass is 361 g/mol. The van der Waals surface area contributed by atoms with Crippen molar-refractivity contribution in [2.45, 2.75) is 20.3 Å². The molecule has 0 spiro atoms. The smallest absolute Gasteiger partial charge is 0.224 e. The Morgan fingerprint density at radius 3 is 2.45 bits per heavy atom. The van der Waals surface area contributed by atoms with E-state index in [1.165, 1.54) is 0 Å². The van der Waals surface area contributed by atoms with E-state index in [4.69, 9.17) is 4.74 Å². The molecule has 0 heterocycles. The van der Waals surface area contributed by atoms with E-state index in [-0.39, 0.29) is 5.91 Å². The first-order valence-electron chi connectivity index (χ1n) is 7.27. The molecular formula is C18H20BrNO2. The molecule has 0 aromatic heterocycles. The predicted molar refractivity (Wildman–Crippen MR) is 92.3 cm³/mol. The molecule has 2 aromatic rings. The summed E-state index contributed by atoms with van der Waals surface area (Å²) in [6, 6.07) is 13.8. The third kappa shape index (κ3) is 4.60. The molecule has 2 rings (SSSR count). The number of carbonyl (C=O) groups is 1. The van der Waals surface area contributed by atoms with Crippen LogP contribution in [0.2, 0.25) is 0 Å². The number of ether oxygens (including phenoxy) is 1. The van der Waals surface area contributed by atoms with Gasteiger partial charge in [-0.25, -0.2) is 0 Å². The zero-order chi connectivity index (χ0) is 15.9. The van der Waals surface area contributed by atoms with Crippen LogP contribution in [-0.4, -0.2) is 19.1 Å². The van der Waals surface area contributed by atoms with Gasteiger partial charge in [0.25, 0.3) is 0 Å².